The molecule has 3 aliphatic carbocycles. The van der Waals surface area contributed by atoms with E-state index in [2.05, 4.69) is 14.6 Å². The zero-order chi connectivity index (χ0) is 26.4. The van der Waals surface area contributed by atoms with Gasteiger partial charge in [-0.2, -0.15) is 0 Å². The molecule has 8 nitrogen and oxygen atoms in total. The van der Waals surface area contributed by atoms with Crippen molar-refractivity contribution < 1.29 is 22.7 Å². The number of benzene rings is 2. The van der Waals surface area contributed by atoms with Crippen LogP contribution in [0.5, 0.6) is 5.75 Å². The van der Waals surface area contributed by atoms with Crippen LogP contribution in [0.4, 0.5) is 10.5 Å². The van der Waals surface area contributed by atoms with Crippen LogP contribution in [0.25, 0.3) is 22.2 Å². The number of sulfonamides is 1. The molecule has 0 saturated heterocycles. The summed E-state index contributed by atoms with van der Waals surface area (Å²) in [5.74, 6) is 1.19. The average molecular weight is 538 g/mol. The Morgan fingerprint density at radius 2 is 1.79 bits per heavy atom. The standard InChI is InChI=1S/C29H35N3O5S/c1-3-36-24-15-16-25-26(17-24)32(23-5-4-6-23)27(28(25)38(34,35)31-22-13-14-22)20-9-11-21(12-10-20)30-29(33)37-18(2)19-7-8-19/h9-12,15-19,22-23,31H,3-8,13-14H2,1-2H3,(H,30,33). The van der Waals surface area contributed by atoms with Crippen molar-refractivity contribution in [1.29, 1.82) is 0 Å². The van der Waals surface area contributed by atoms with Crippen molar-refractivity contribution in [3.8, 4) is 17.0 Å². The number of ether oxygens (including phenoxy) is 2. The van der Waals surface area contributed by atoms with E-state index < -0.39 is 16.1 Å². The number of carbonyl (C=O) groups excluding carboxylic acids is 1. The molecule has 3 saturated carbocycles. The second-order valence-corrected chi connectivity index (χ2v) is 12.4. The van der Waals surface area contributed by atoms with Crippen LogP contribution in [0, 0.1) is 5.92 Å². The van der Waals surface area contributed by atoms with Gasteiger partial charge in [0.25, 0.3) is 0 Å². The van der Waals surface area contributed by atoms with Crippen LogP contribution in [0.3, 0.4) is 0 Å². The number of aromatic nitrogens is 1. The van der Waals surface area contributed by atoms with Gasteiger partial charge in [0.1, 0.15) is 16.7 Å². The number of anilines is 1. The summed E-state index contributed by atoms with van der Waals surface area (Å²) in [7, 11) is -3.77. The van der Waals surface area contributed by atoms with E-state index in [0.29, 0.717) is 34.2 Å². The predicted octanol–water partition coefficient (Wildman–Crippen LogP) is 6.22. The smallest absolute Gasteiger partial charge is 0.411 e. The van der Waals surface area contributed by atoms with E-state index >= 15 is 0 Å². The molecule has 1 aromatic heterocycles. The number of fused-ring (bicyclic) bond motifs is 1. The first-order chi connectivity index (χ1) is 18.3. The fraction of sp³-hybridized carbons (Fsp3) is 0.483. The van der Waals surface area contributed by atoms with E-state index in [1.54, 1.807) is 12.1 Å². The summed E-state index contributed by atoms with van der Waals surface area (Å²) in [6, 6.07) is 13.2. The number of nitrogens with zero attached hydrogens (tertiary/aromatic N) is 1. The van der Waals surface area contributed by atoms with Crippen LogP contribution >= 0.6 is 0 Å². The normalized spacial score (nSPS) is 18.7. The van der Waals surface area contributed by atoms with Gasteiger partial charge in [0.2, 0.25) is 10.0 Å². The molecule has 1 atom stereocenters. The maximum absolute atomic E-state index is 13.8. The number of amides is 1. The Labute approximate surface area is 223 Å². The van der Waals surface area contributed by atoms with Crippen molar-refractivity contribution >= 4 is 32.7 Å². The lowest BCUT2D eigenvalue weighted by atomic mass is 9.92. The summed E-state index contributed by atoms with van der Waals surface area (Å²) in [5.41, 5.74) is 2.94. The van der Waals surface area contributed by atoms with Crippen LogP contribution in [0.2, 0.25) is 0 Å². The van der Waals surface area contributed by atoms with Gasteiger partial charge in [0, 0.05) is 29.2 Å². The first-order valence-corrected chi connectivity index (χ1v) is 15.2. The summed E-state index contributed by atoms with van der Waals surface area (Å²) in [6.07, 6.45) is 6.46. The van der Waals surface area contributed by atoms with Crippen molar-refractivity contribution in [1.82, 2.24) is 9.29 Å². The first kappa shape index (κ1) is 25.2. The van der Waals surface area contributed by atoms with Gasteiger partial charge in [0.05, 0.1) is 17.8 Å². The summed E-state index contributed by atoms with van der Waals surface area (Å²) in [6.45, 7) is 4.40. The molecule has 0 spiro atoms. The van der Waals surface area contributed by atoms with Crippen molar-refractivity contribution in [3.63, 3.8) is 0 Å². The zero-order valence-corrected chi connectivity index (χ0v) is 22.7. The van der Waals surface area contributed by atoms with Crippen LogP contribution < -0.4 is 14.8 Å². The van der Waals surface area contributed by atoms with E-state index in [4.69, 9.17) is 9.47 Å². The maximum Gasteiger partial charge on any atom is 0.411 e. The molecule has 38 heavy (non-hydrogen) atoms. The molecule has 1 unspecified atom stereocenters. The monoisotopic (exact) mass is 537 g/mol. The Morgan fingerprint density at radius 1 is 1.05 bits per heavy atom. The molecular formula is C29H35N3O5S. The molecule has 0 aliphatic heterocycles. The molecule has 9 heteroatoms. The third kappa shape index (κ3) is 5.01. The molecule has 1 amide bonds. The summed E-state index contributed by atoms with van der Waals surface area (Å²) in [5, 5.41) is 3.50. The highest BCUT2D eigenvalue weighted by Gasteiger charge is 2.36. The molecular weight excluding hydrogens is 502 g/mol. The fourth-order valence-corrected chi connectivity index (χ4v) is 6.98. The predicted molar refractivity (Wildman–Crippen MR) is 147 cm³/mol. The number of hydrogen-bond acceptors (Lipinski definition) is 5. The Balaban J connectivity index is 1.42. The molecule has 0 bridgehead atoms. The summed E-state index contributed by atoms with van der Waals surface area (Å²) >= 11 is 0. The Morgan fingerprint density at radius 3 is 2.39 bits per heavy atom. The third-order valence-corrected chi connectivity index (χ3v) is 9.43. The lowest BCUT2D eigenvalue weighted by Crippen LogP contribution is -2.26. The van der Waals surface area contributed by atoms with Crippen molar-refractivity contribution in [2.24, 2.45) is 5.92 Å². The molecule has 3 aromatic rings. The minimum absolute atomic E-state index is 0.00623. The summed E-state index contributed by atoms with van der Waals surface area (Å²) < 4.78 is 43.9. The largest absolute Gasteiger partial charge is 0.494 e. The Bertz CT molecular complexity index is 1450. The minimum atomic E-state index is -3.77. The van der Waals surface area contributed by atoms with Crippen molar-refractivity contribution in [3.05, 3.63) is 42.5 Å². The lowest BCUT2D eigenvalue weighted by molar-refractivity contribution is 0.108. The van der Waals surface area contributed by atoms with Gasteiger partial charge in [-0.05, 0) is 94.5 Å². The topological polar surface area (TPSA) is 98.7 Å². The first-order valence-electron chi connectivity index (χ1n) is 13.7. The van der Waals surface area contributed by atoms with Gasteiger partial charge in [-0.3, -0.25) is 5.32 Å². The molecule has 3 aliphatic rings. The zero-order valence-electron chi connectivity index (χ0n) is 21.9. The number of nitrogens with one attached hydrogen (secondary N) is 2. The number of carbonyl (C=O) groups is 1. The van der Waals surface area contributed by atoms with E-state index in [-0.39, 0.29) is 18.2 Å². The molecule has 202 valence electrons. The van der Waals surface area contributed by atoms with Crippen molar-refractivity contribution in [2.45, 2.75) is 81.9 Å². The van der Waals surface area contributed by atoms with E-state index in [0.717, 1.165) is 61.8 Å². The quantitative estimate of drug-likeness (QED) is 0.320. The second kappa shape index (κ2) is 9.93. The van der Waals surface area contributed by atoms with Gasteiger partial charge in [-0.15, -0.1) is 0 Å². The summed E-state index contributed by atoms with van der Waals surface area (Å²) in [4.78, 5) is 12.7. The van der Waals surface area contributed by atoms with E-state index in [1.165, 1.54) is 0 Å². The SMILES string of the molecule is CCOc1ccc2c(S(=O)(=O)NC3CC3)c(-c3ccc(NC(=O)OC(C)C4CC4)cc3)n(C3CCC3)c2c1. The molecule has 6 rings (SSSR count). The van der Waals surface area contributed by atoms with Gasteiger partial charge < -0.3 is 14.0 Å². The Kier molecular flexibility index (Phi) is 6.60. The highest BCUT2D eigenvalue weighted by molar-refractivity contribution is 7.90. The molecule has 3 fully saturated rings. The van der Waals surface area contributed by atoms with Crippen LogP contribution in [0.15, 0.2) is 47.4 Å². The van der Waals surface area contributed by atoms with Crippen LogP contribution in [0.1, 0.15) is 64.8 Å². The molecule has 0 radical (unpaired) electrons. The van der Waals surface area contributed by atoms with Crippen molar-refractivity contribution in [2.75, 3.05) is 11.9 Å². The highest BCUT2D eigenvalue weighted by atomic mass is 32.2. The van der Waals surface area contributed by atoms with E-state index in [9.17, 15) is 13.2 Å². The van der Waals surface area contributed by atoms with E-state index in [1.807, 2.05) is 44.2 Å². The van der Waals surface area contributed by atoms with Gasteiger partial charge >= 0.3 is 6.09 Å². The number of hydrogen-bond donors (Lipinski definition) is 2. The van der Waals surface area contributed by atoms with Gasteiger partial charge in [-0.25, -0.2) is 17.9 Å². The minimum Gasteiger partial charge on any atom is -0.494 e. The third-order valence-electron chi connectivity index (χ3n) is 7.83. The van der Waals surface area contributed by atoms with Crippen LogP contribution in [-0.4, -0.2) is 37.8 Å². The molecule has 2 N–H and O–H groups in total. The van der Waals surface area contributed by atoms with Crippen LogP contribution in [-0.2, 0) is 14.8 Å². The second-order valence-electron chi connectivity index (χ2n) is 10.8. The Hall–Kier alpha value is -3.04. The molecule has 2 aromatic carbocycles. The maximum atomic E-state index is 13.8. The van der Waals surface area contributed by atoms with Gasteiger partial charge in [0.15, 0.2) is 0 Å². The fourth-order valence-electron chi connectivity index (χ4n) is 5.25. The lowest BCUT2D eigenvalue weighted by Gasteiger charge is -2.30. The number of rotatable bonds is 10. The molecule has 1 heterocycles. The average Bonchev–Trinajstić information content (AvgIpc) is 3.77. The van der Waals surface area contributed by atoms with Gasteiger partial charge in [-0.1, -0.05) is 12.1 Å². The highest BCUT2D eigenvalue weighted by Crippen LogP contribution is 2.45.